The van der Waals surface area contributed by atoms with Gasteiger partial charge in [-0.25, -0.2) is 4.98 Å². The number of hydrogen-bond acceptors (Lipinski definition) is 3. The van der Waals surface area contributed by atoms with Gasteiger partial charge < -0.3 is 5.32 Å². The minimum atomic E-state index is 0.0362. The van der Waals surface area contributed by atoms with E-state index in [4.69, 9.17) is 4.98 Å². The van der Waals surface area contributed by atoms with Crippen LogP contribution in [0.25, 0.3) is 10.9 Å². The maximum Gasteiger partial charge on any atom is 0.230 e. The summed E-state index contributed by atoms with van der Waals surface area (Å²) in [6.45, 7) is 2.64. The number of aryl methyl sites for hydroxylation is 3. The van der Waals surface area contributed by atoms with Gasteiger partial charge in [0.2, 0.25) is 5.91 Å². The molecule has 0 fully saturated rings. The molecule has 1 amide bonds. The highest BCUT2D eigenvalue weighted by Gasteiger charge is 2.14. The molecule has 3 aromatic rings. The van der Waals surface area contributed by atoms with Gasteiger partial charge in [0.05, 0.1) is 11.3 Å². The Labute approximate surface area is 158 Å². The highest BCUT2D eigenvalue weighted by molar-refractivity contribution is 7.99. The highest BCUT2D eigenvalue weighted by atomic mass is 32.2. The second-order valence-corrected chi connectivity index (χ2v) is 7.79. The van der Waals surface area contributed by atoms with Crippen LogP contribution >= 0.6 is 11.8 Å². The van der Waals surface area contributed by atoms with Crippen LogP contribution in [0.2, 0.25) is 0 Å². The number of fused-ring (bicyclic) bond motifs is 2. The van der Waals surface area contributed by atoms with Gasteiger partial charge in [0.1, 0.15) is 5.03 Å². The lowest BCUT2D eigenvalue weighted by Crippen LogP contribution is -2.24. The van der Waals surface area contributed by atoms with Crippen LogP contribution < -0.4 is 5.32 Å². The monoisotopic (exact) mass is 362 g/mol. The Balaban J connectivity index is 1.42. The topological polar surface area (TPSA) is 42.0 Å². The fraction of sp³-hybridized carbons (Fsp3) is 0.273. The molecule has 132 valence electrons. The van der Waals surface area contributed by atoms with Crippen LogP contribution in [-0.2, 0) is 24.2 Å². The zero-order valence-electron chi connectivity index (χ0n) is 14.9. The first-order valence-corrected chi connectivity index (χ1v) is 10.0. The molecule has 0 radical (unpaired) electrons. The van der Waals surface area contributed by atoms with Gasteiger partial charge in [-0.1, -0.05) is 42.1 Å². The van der Waals surface area contributed by atoms with E-state index in [1.807, 2.05) is 30.3 Å². The summed E-state index contributed by atoms with van der Waals surface area (Å²) in [5.74, 6) is 0.422. The summed E-state index contributed by atoms with van der Waals surface area (Å²) in [6, 6.07) is 16.7. The molecule has 4 rings (SSSR count). The number of benzene rings is 2. The zero-order chi connectivity index (χ0) is 17.9. The zero-order valence-corrected chi connectivity index (χ0v) is 15.7. The summed E-state index contributed by atoms with van der Waals surface area (Å²) >= 11 is 1.52. The van der Waals surface area contributed by atoms with Crippen molar-refractivity contribution in [1.82, 2.24) is 10.3 Å². The fourth-order valence-corrected chi connectivity index (χ4v) is 4.28. The number of hydrogen-bond donors (Lipinski definition) is 1. The fourth-order valence-electron chi connectivity index (χ4n) is 3.46. The average Bonchev–Trinajstić information content (AvgIpc) is 3.11. The minimum absolute atomic E-state index is 0.0362. The van der Waals surface area contributed by atoms with E-state index in [9.17, 15) is 4.79 Å². The molecule has 0 spiro atoms. The van der Waals surface area contributed by atoms with Gasteiger partial charge in [-0.2, -0.15) is 0 Å². The van der Waals surface area contributed by atoms with Gasteiger partial charge in [-0.15, -0.1) is 0 Å². The van der Waals surface area contributed by atoms with Crippen LogP contribution in [0.1, 0.15) is 28.7 Å². The van der Waals surface area contributed by atoms with Gasteiger partial charge >= 0.3 is 0 Å². The van der Waals surface area contributed by atoms with Gasteiger partial charge in [0.25, 0.3) is 0 Å². The van der Waals surface area contributed by atoms with Crippen molar-refractivity contribution in [2.24, 2.45) is 0 Å². The summed E-state index contributed by atoms with van der Waals surface area (Å²) < 4.78 is 0. The molecule has 26 heavy (non-hydrogen) atoms. The van der Waals surface area contributed by atoms with E-state index in [1.54, 1.807) is 0 Å². The number of amides is 1. The molecule has 2 aromatic carbocycles. The smallest absolute Gasteiger partial charge is 0.230 e. The largest absolute Gasteiger partial charge is 0.351 e. The van der Waals surface area contributed by atoms with Crippen molar-refractivity contribution in [2.75, 3.05) is 5.75 Å². The van der Waals surface area contributed by atoms with E-state index < -0.39 is 0 Å². The maximum atomic E-state index is 12.2. The first-order chi connectivity index (χ1) is 12.7. The number of aromatic nitrogens is 1. The molecule has 1 aliphatic carbocycles. The first kappa shape index (κ1) is 17.1. The number of thioether (sulfide) groups is 1. The van der Waals surface area contributed by atoms with Gasteiger partial charge in [0.15, 0.2) is 0 Å². The molecule has 3 nitrogen and oxygen atoms in total. The summed E-state index contributed by atoms with van der Waals surface area (Å²) in [6.07, 6.45) is 3.58. The number of rotatable bonds is 5. The van der Waals surface area contributed by atoms with Crippen LogP contribution in [0.15, 0.2) is 53.6 Å². The van der Waals surface area contributed by atoms with Crippen LogP contribution in [0.3, 0.4) is 0 Å². The Bertz CT molecular complexity index is 953. The number of nitrogens with one attached hydrogen (secondary N) is 1. The van der Waals surface area contributed by atoms with Crippen molar-refractivity contribution in [3.8, 4) is 0 Å². The predicted octanol–water partition coefficient (Wildman–Crippen LogP) is 4.44. The van der Waals surface area contributed by atoms with Gasteiger partial charge in [-0.3, -0.25) is 4.79 Å². The second-order valence-electron chi connectivity index (χ2n) is 6.83. The third-order valence-electron chi connectivity index (χ3n) is 4.84. The minimum Gasteiger partial charge on any atom is -0.351 e. The van der Waals surface area contributed by atoms with E-state index in [-0.39, 0.29) is 5.91 Å². The van der Waals surface area contributed by atoms with Crippen molar-refractivity contribution >= 4 is 28.6 Å². The maximum absolute atomic E-state index is 12.2. The Kier molecular flexibility index (Phi) is 4.93. The molecule has 0 bridgehead atoms. The quantitative estimate of drug-likeness (QED) is 0.682. The van der Waals surface area contributed by atoms with Crippen LogP contribution in [0.5, 0.6) is 0 Å². The Morgan fingerprint density at radius 2 is 1.88 bits per heavy atom. The lowest BCUT2D eigenvalue weighted by Gasteiger charge is -2.09. The van der Waals surface area contributed by atoms with E-state index in [1.165, 1.54) is 41.1 Å². The van der Waals surface area contributed by atoms with E-state index in [0.717, 1.165) is 28.1 Å². The van der Waals surface area contributed by atoms with Gasteiger partial charge in [-0.05, 0) is 66.6 Å². The Morgan fingerprint density at radius 1 is 1.12 bits per heavy atom. The molecule has 0 saturated heterocycles. The first-order valence-electron chi connectivity index (χ1n) is 9.05. The predicted molar refractivity (Wildman–Crippen MR) is 108 cm³/mol. The summed E-state index contributed by atoms with van der Waals surface area (Å²) in [5.41, 5.74) is 6.20. The standard InChI is InChI=1S/C22H22N2OS/c1-15-10-19-11-17-8-5-9-18(17)12-20(19)24-22(15)26-14-21(25)23-13-16-6-3-2-4-7-16/h2-4,6-7,10-12H,5,8-9,13-14H2,1H3,(H,23,25). The number of carbonyl (C=O) groups is 1. The van der Waals surface area contributed by atoms with Crippen molar-refractivity contribution in [2.45, 2.75) is 37.8 Å². The molecule has 0 unspecified atom stereocenters. The lowest BCUT2D eigenvalue weighted by molar-refractivity contribution is -0.118. The molecule has 1 N–H and O–H groups in total. The van der Waals surface area contributed by atoms with E-state index >= 15 is 0 Å². The van der Waals surface area contributed by atoms with Crippen molar-refractivity contribution in [3.63, 3.8) is 0 Å². The average molecular weight is 362 g/mol. The third kappa shape index (κ3) is 3.75. The summed E-state index contributed by atoms with van der Waals surface area (Å²) in [4.78, 5) is 17.0. The molecule has 0 saturated carbocycles. The molecular weight excluding hydrogens is 340 g/mol. The normalized spacial score (nSPS) is 13.0. The molecule has 1 aliphatic rings. The SMILES string of the molecule is Cc1cc2cc3c(cc2nc1SCC(=O)NCc1ccccc1)CCC3. The molecule has 1 aromatic heterocycles. The van der Waals surface area contributed by atoms with E-state index in [2.05, 4.69) is 30.4 Å². The van der Waals surface area contributed by atoms with Crippen LogP contribution in [0.4, 0.5) is 0 Å². The molecule has 0 atom stereocenters. The number of pyridine rings is 1. The number of nitrogens with zero attached hydrogens (tertiary/aromatic N) is 1. The second kappa shape index (κ2) is 7.50. The van der Waals surface area contributed by atoms with Crippen molar-refractivity contribution < 1.29 is 4.79 Å². The summed E-state index contributed by atoms with van der Waals surface area (Å²) in [7, 11) is 0. The van der Waals surface area contributed by atoms with Crippen LogP contribution in [0, 0.1) is 6.92 Å². The molecular formula is C22H22N2OS. The number of carbonyl (C=O) groups excluding carboxylic acids is 1. The van der Waals surface area contributed by atoms with Crippen molar-refractivity contribution in [1.29, 1.82) is 0 Å². The van der Waals surface area contributed by atoms with Gasteiger partial charge in [0, 0.05) is 11.9 Å². The third-order valence-corrected chi connectivity index (χ3v) is 5.94. The molecule has 0 aliphatic heterocycles. The Morgan fingerprint density at radius 3 is 2.69 bits per heavy atom. The van der Waals surface area contributed by atoms with E-state index in [0.29, 0.717) is 12.3 Å². The Hall–Kier alpha value is -2.33. The summed E-state index contributed by atoms with van der Waals surface area (Å²) in [5, 5.41) is 5.13. The van der Waals surface area contributed by atoms with Crippen LogP contribution in [-0.4, -0.2) is 16.6 Å². The molecule has 4 heteroatoms. The highest BCUT2D eigenvalue weighted by Crippen LogP contribution is 2.30. The molecule has 1 heterocycles. The van der Waals surface area contributed by atoms with Crippen molar-refractivity contribution in [3.05, 3.63) is 70.8 Å². The lowest BCUT2D eigenvalue weighted by atomic mass is 10.1.